The Morgan fingerprint density at radius 3 is 2.53 bits per heavy atom. The fraction of sp³-hybridized carbons (Fsp3) is 0.333. The van der Waals surface area contributed by atoms with E-state index in [0.29, 0.717) is 13.2 Å². The monoisotopic (exact) mass is 269 g/mol. The van der Waals surface area contributed by atoms with E-state index in [9.17, 15) is 8.78 Å². The highest BCUT2D eigenvalue weighted by molar-refractivity contribution is 5.57. The molecule has 0 saturated carbocycles. The SMILES string of the molecule is COCCn1c(CO)nnc1-c1c(F)cccc1F. The van der Waals surface area contributed by atoms with Gasteiger partial charge in [0, 0.05) is 13.7 Å². The topological polar surface area (TPSA) is 60.2 Å². The van der Waals surface area contributed by atoms with Gasteiger partial charge in [0.2, 0.25) is 0 Å². The average molecular weight is 269 g/mol. The Labute approximate surface area is 108 Å². The van der Waals surface area contributed by atoms with Crippen molar-refractivity contribution in [2.24, 2.45) is 0 Å². The van der Waals surface area contributed by atoms with E-state index >= 15 is 0 Å². The number of hydrogen-bond donors (Lipinski definition) is 1. The van der Waals surface area contributed by atoms with E-state index in [2.05, 4.69) is 10.2 Å². The van der Waals surface area contributed by atoms with Gasteiger partial charge in [0.25, 0.3) is 0 Å². The third-order valence-electron chi connectivity index (χ3n) is 2.67. The van der Waals surface area contributed by atoms with Gasteiger partial charge in [0.15, 0.2) is 11.6 Å². The molecule has 1 aromatic carbocycles. The maximum absolute atomic E-state index is 13.7. The zero-order chi connectivity index (χ0) is 13.8. The molecule has 2 aromatic rings. The second-order valence-electron chi connectivity index (χ2n) is 3.84. The second kappa shape index (κ2) is 5.85. The molecule has 2 rings (SSSR count). The van der Waals surface area contributed by atoms with Crippen molar-refractivity contribution in [2.75, 3.05) is 13.7 Å². The predicted octanol–water partition coefficient (Wildman–Crippen LogP) is 1.36. The summed E-state index contributed by atoms with van der Waals surface area (Å²) < 4.78 is 33.8. The Morgan fingerprint density at radius 1 is 1.26 bits per heavy atom. The molecule has 19 heavy (non-hydrogen) atoms. The van der Waals surface area contributed by atoms with Gasteiger partial charge >= 0.3 is 0 Å². The lowest BCUT2D eigenvalue weighted by Crippen LogP contribution is -2.11. The summed E-state index contributed by atoms with van der Waals surface area (Å²) in [5.74, 6) is -1.18. The van der Waals surface area contributed by atoms with E-state index < -0.39 is 11.6 Å². The molecule has 0 aliphatic carbocycles. The maximum atomic E-state index is 13.7. The van der Waals surface area contributed by atoms with Crippen molar-refractivity contribution in [2.45, 2.75) is 13.2 Å². The number of nitrogens with zero attached hydrogens (tertiary/aromatic N) is 3. The largest absolute Gasteiger partial charge is 0.388 e. The summed E-state index contributed by atoms with van der Waals surface area (Å²) in [5, 5.41) is 16.6. The van der Waals surface area contributed by atoms with Crippen molar-refractivity contribution in [3.05, 3.63) is 35.7 Å². The summed E-state index contributed by atoms with van der Waals surface area (Å²) in [6, 6.07) is 3.57. The standard InChI is InChI=1S/C12H13F2N3O2/c1-19-6-5-17-10(7-18)15-16-12(17)11-8(13)3-2-4-9(11)14/h2-4,18H,5-7H2,1H3. The Balaban J connectivity index is 2.52. The normalized spacial score (nSPS) is 10.9. The Kier molecular flexibility index (Phi) is 4.18. The average Bonchev–Trinajstić information content (AvgIpc) is 2.79. The molecule has 0 radical (unpaired) electrons. The molecule has 0 saturated heterocycles. The van der Waals surface area contributed by atoms with Crippen LogP contribution in [0.2, 0.25) is 0 Å². The summed E-state index contributed by atoms with van der Waals surface area (Å²) in [6.45, 7) is 0.239. The number of benzene rings is 1. The van der Waals surface area contributed by atoms with E-state index in [1.807, 2.05) is 0 Å². The first-order chi connectivity index (χ1) is 9.19. The van der Waals surface area contributed by atoms with Crippen LogP contribution in [-0.2, 0) is 17.9 Å². The van der Waals surface area contributed by atoms with Crippen LogP contribution in [-0.4, -0.2) is 33.6 Å². The first-order valence-corrected chi connectivity index (χ1v) is 5.65. The molecule has 0 aliphatic rings. The molecular weight excluding hydrogens is 256 g/mol. The van der Waals surface area contributed by atoms with Crippen molar-refractivity contribution < 1.29 is 18.6 Å². The third kappa shape index (κ3) is 2.61. The molecular formula is C12H13F2N3O2. The van der Waals surface area contributed by atoms with Gasteiger partial charge in [-0.1, -0.05) is 6.07 Å². The number of methoxy groups -OCH3 is 1. The van der Waals surface area contributed by atoms with Crippen LogP contribution in [0.5, 0.6) is 0 Å². The van der Waals surface area contributed by atoms with Crippen molar-refractivity contribution in [3.8, 4) is 11.4 Å². The van der Waals surface area contributed by atoms with E-state index in [0.717, 1.165) is 12.1 Å². The second-order valence-corrected chi connectivity index (χ2v) is 3.84. The third-order valence-corrected chi connectivity index (χ3v) is 2.67. The smallest absolute Gasteiger partial charge is 0.170 e. The van der Waals surface area contributed by atoms with Gasteiger partial charge in [-0.15, -0.1) is 10.2 Å². The van der Waals surface area contributed by atoms with Crippen molar-refractivity contribution in [1.82, 2.24) is 14.8 Å². The molecule has 1 aromatic heterocycles. The van der Waals surface area contributed by atoms with E-state index in [-0.39, 0.29) is 23.8 Å². The lowest BCUT2D eigenvalue weighted by Gasteiger charge is -2.09. The minimum absolute atomic E-state index is 0.0386. The molecule has 0 fully saturated rings. The quantitative estimate of drug-likeness (QED) is 0.890. The number of aromatic nitrogens is 3. The van der Waals surface area contributed by atoms with Crippen LogP contribution in [0.1, 0.15) is 5.82 Å². The van der Waals surface area contributed by atoms with Crippen LogP contribution < -0.4 is 0 Å². The van der Waals surface area contributed by atoms with Crippen LogP contribution in [0.4, 0.5) is 8.78 Å². The van der Waals surface area contributed by atoms with E-state index in [1.54, 1.807) is 0 Å². The Bertz CT molecular complexity index is 552. The molecule has 5 nitrogen and oxygen atoms in total. The highest BCUT2D eigenvalue weighted by Crippen LogP contribution is 2.25. The van der Waals surface area contributed by atoms with Crippen molar-refractivity contribution >= 4 is 0 Å². The van der Waals surface area contributed by atoms with Gasteiger partial charge in [-0.3, -0.25) is 0 Å². The molecule has 0 amide bonds. The molecule has 0 atom stereocenters. The number of aliphatic hydroxyl groups is 1. The molecule has 1 N–H and O–H groups in total. The minimum atomic E-state index is -0.726. The molecule has 0 unspecified atom stereocenters. The molecule has 1 heterocycles. The van der Waals surface area contributed by atoms with Gasteiger partial charge in [0.1, 0.15) is 18.2 Å². The first kappa shape index (κ1) is 13.6. The molecule has 7 heteroatoms. The zero-order valence-electron chi connectivity index (χ0n) is 10.3. The summed E-state index contributed by atoms with van der Waals surface area (Å²) in [5.41, 5.74) is -0.259. The highest BCUT2D eigenvalue weighted by atomic mass is 19.1. The van der Waals surface area contributed by atoms with Gasteiger partial charge in [-0.05, 0) is 12.1 Å². The number of ether oxygens (including phenoxy) is 1. The van der Waals surface area contributed by atoms with Crippen molar-refractivity contribution in [3.63, 3.8) is 0 Å². The fourth-order valence-corrected chi connectivity index (χ4v) is 1.77. The first-order valence-electron chi connectivity index (χ1n) is 5.65. The van der Waals surface area contributed by atoms with Gasteiger partial charge < -0.3 is 14.4 Å². The van der Waals surface area contributed by atoms with Crippen LogP contribution >= 0.6 is 0 Å². The summed E-state index contributed by atoms with van der Waals surface area (Å²) in [6.07, 6.45) is 0. The lowest BCUT2D eigenvalue weighted by atomic mass is 10.2. The van der Waals surface area contributed by atoms with E-state index in [1.165, 1.54) is 17.7 Å². The minimum Gasteiger partial charge on any atom is -0.388 e. The molecule has 0 bridgehead atoms. The fourth-order valence-electron chi connectivity index (χ4n) is 1.77. The van der Waals surface area contributed by atoms with Crippen LogP contribution in [0.3, 0.4) is 0 Å². The molecule has 102 valence electrons. The predicted molar refractivity (Wildman–Crippen MR) is 63.2 cm³/mol. The number of hydrogen-bond acceptors (Lipinski definition) is 4. The maximum Gasteiger partial charge on any atom is 0.170 e. The van der Waals surface area contributed by atoms with Gasteiger partial charge in [-0.2, -0.15) is 0 Å². The Morgan fingerprint density at radius 2 is 1.95 bits per heavy atom. The van der Waals surface area contributed by atoms with Crippen LogP contribution in [0, 0.1) is 11.6 Å². The number of aliphatic hydroxyl groups excluding tert-OH is 1. The summed E-state index contributed by atoms with van der Waals surface area (Å²) in [4.78, 5) is 0. The van der Waals surface area contributed by atoms with Crippen LogP contribution in [0.15, 0.2) is 18.2 Å². The lowest BCUT2D eigenvalue weighted by molar-refractivity contribution is 0.183. The van der Waals surface area contributed by atoms with Gasteiger partial charge in [0.05, 0.1) is 12.2 Å². The summed E-state index contributed by atoms with van der Waals surface area (Å²) in [7, 11) is 1.51. The molecule has 0 spiro atoms. The Hall–Kier alpha value is -1.86. The molecule has 0 aliphatic heterocycles. The van der Waals surface area contributed by atoms with E-state index in [4.69, 9.17) is 9.84 Å². The van der Waals surface area contributed by atoms with Crippen LogP contribution in [0.25, 0.3) is 11.4 Å². The summed E-state index contributed by atoms with van der Waals surface area (Å²) >= 11 is 0. The highest BCUT2D eigenvalue weighted by Gasteiger charge is 2.19. The number of halogens is 2. The van der Waals surface area contributed by atoms with Crippen molar-refractivity contribution in [1.29, 1.82) is 0 Å². The zero-order valence-corrected chi connectivity index (χ0v) is 10.3. The van der Waals surface area contributed by atoms with Gasteiger partial charge in [-0.25, -0.2) is 8.78 Å². The number of rotatable bonds is 5.